The lowest BCUT2D eigenvalue weighted by atomic mass is 10.1. The first-order valence-electron chi connectivity index (χ1n) is 9.33. The van der Waals surface area contributed by atoms with Gasteiger partial charge < -0.3 is 10.1 Å². The minimum absolute atomic E-state index is 0.0715. The van der Waals surface area contributed by atoms with Crippen molar-refractivity contribution in [2.45, 2.75) is 6.92 Å². The lowest BCUT2D eigenvalue weighted by Gasteiger charge is -2.07. The molecular weight excluding hydrogens is 394 g/mol. The fraction of sp³-hybridized carbons (Fsp3) is 0.130. The van der Waals surface area contributed by atoms with Gasteiger partial charge in [-0.15, -0.1) is 0 Å². The summed E-state index contributed by atoms with van der Waals surface area (Å²) in [6.45, 7) is 1.64. The molecule has 0 radical (unpaired) electrons. The second kappa shape index (κ2) is 9.29. The van der Waals surface area contributed by atoms with Crippen molar-refractivity contribution >= 4 is 17.7 Å². The van der Waals surface area contributed by atoms with Gasteiger partial charge in [0.15, 0.2) is 6.61 Å². The molecule has 0 aliphatic heterocycles. The normalized spacial score (nSPS) is 10.8. The second-order valence-corrected chi connectivity index (χ2v) is 6.58. The number of hydrogen-bond donors (Lipinski definition) is 1. The zero-order valence-electron chi connectivity index (χ0n) is 17.0. The van der Waals surface area contributed by atoms with Gasteiger partial charge in [-0.3, -0.25) is 14.3 Å². The number of carbonyl (C=O) groups is 1. The second-order valence-electron chi connectivity index (χ2n) is 6.58. The molecule has 0 atom stereocenters. The number of anilines is 1. The number of nitrogens with zero attached hydrogens (tertiary/aromatic N) is 4. The lowest BCUT2D eigenvalue weighted by Crippen LogP contribution is -2.23. The number of benzene rings is 2. The van der Waals surface area contributed by atoms with Crippen LogP contribution in [0.2, 0.25) is 0 Å². The SMILES string of the molecule is Cc1c(NC(=O)/C(C#N)=C/c2ccc(OCC#N)cc2)c(=O)n(-c2ccccc2)n1C. The van der Waals surface area contributed by atoms with Crippen LogP contribution in [0.5, 0.6) is 5.75 Å². The third-order valence-corrected chi connectivity index (χ3v) is 4.65. The molecule has 0 aliphatic carbocycles. The van der Waals surface area contributed by atoms with E-state index in [1.165, 1.54) is 10.8 Å². The Labute approximate surface area is 178 Å². The summed E-state index contributed by atoms with van der Waals surface area (Å²) in [5.74, 6) is -0.179. The molecule has 1 N–H and O–H groups in total. The predicted molar refractivity (Wildman–Crippen MR) is 116 cm³/mol. The highest BCUT2D eigenvalue weighted by molar-refractivity contribution is 6.09. The van der Waals surface area contributed by atoms with Gasteiger partial charge in [-0.2, -0.15) is 10.5 Å². The lowest BCUT2D eigenvalue weighted by molar-refractivity contribution is -0.112. The zero-order valence-corrected chi connectivity index (χ0v) is 17.0. The Morgan fingerprint density at radius 2 is 1.81 bits per heavy atom. The average Bonchev–Trinajstić information content (AvgIpc) is 3.00. The summed E-state index contributed by atoms with van der Waals surface area (Å²) in [5.41, 5.74) is 1.38. The van der Waals surface area contributed by atoms with Gasteiger partial charge in [0.05, 0.1) is 11.4 Å². The van der Waals surface area contributed by atoms with Crippen molar-refractivity contribution < 1.29 is 9.53 Å². The molecule has 0 spiro atoms. The Bertz CT molecular complexity index is 1270. The first-order chi connectivity index (χ1) is 15.0. The summed E-state index contributed by atoms with van der Waals surface area (Å²) >= 11 is 0. The van der Waals surface area contributed by atoms with Gasteiger partial charge in [0.1, 0.15) is 29.1 Å². The van der Waals surface area contributed by atoms with Crippen LogP contribution in [0, 0.1) is 29.6 Å². The van der Waals surface area contributed by atoms with Crippen LogP contribution in [-0.4, -0.2) is 21.9 Å². The molecule has 0 saturated heterocycles. The first kappa shape index (κ1) is 21.2. The van der Waals surface area contributed by atoms with E-state index >= 15 is 0 Å². The molecule has 0 bridgehead atoms. The average molecular weight is 413 g/mol. The number of ether oxygens (including phenoxy) is 1. The highest BCUT2D eigenvalue weighted by Gasteiger charge is 2.19. The molecule has 154 valence electrons. The van der Waals surface area contributed by atoms with Crippen LogP contribution in [0.4, 0.5) is 5.69 Å². The molecule has 8 heteroatoms. The molecule has 1 amide bonds. The van der Waals surface area contributed by atoms with Gasteiger partial charge >= 0.3 is 0 Å². The van der Waals surface area contributed by atoms with E-state index in [1.54, 1.807) is 55.1 Å². The van der Waals surface area contributed by atoms with Crippen LogP contribution in [0.15, 0.2) is 65.0 Å². The number of hydrogen-bond acceptors (Lipinski definition) is 5. The van der Waals surface area contributed by atoms with Gasteiger partial charge in [0, 0.05) is 7.05 Å². The molecule has 1 heterocycles. The molecule has 31 heavy (non-hydrogen) atoms. The van der Waals surface area contributed by atoms with Gasteiger partial charge in [0.2, 0.25) is 0 Å². The number of amides is 1. The van der Waals surface area contributed by atoms with Gasteiger partial charge in [0.25, 0.3) is 11.5 Å². The van der Waals surface area contributed by atoms with Crippen LogP contribution in [0.25, 0.3) is 11.8 Å². The van der Waals surface area contributed by atoms with Crippen LogP contribution < -0.4 is 15.6 Å². The van der Waals surface area contributed by atoms with E-state index in [9.17, 15) is 14.9 Å². The maximum absolute atomic E-state index is 12.9. The zero-order chi connectivity index (χ0) is 22.4. The third-order valence-electron chi connectivity index (χ3n) is 4.65. The highest BCUT2D eigenvalue weighted by atomic mass is 16.5. The summed E-state index contributed by atoms with van der Waals surface area (Å²) in [7, 11) is 1.72. The van der Waals surface area contributed by atoms with Crippen molar-refractivity contribution in [2.75, 3.05) is 11.9 Å². The Hall–Kier alpha value is -4.56. The number of nitrogens with one attached hydrogen (secondary N) is 1. The van der Waals surface area contributed by atoms with E-state index in [0.29, 0.717) is 22.7 Å². The monoisotopic (exact) mass is 413 g/mol. The molecule has 1 aromatic heterocycles. The van der Waals surface area contributed by atoms with E-state index in [4.69, 9.17) is 10.00 Å². The van der Waals surface area contributed by atoms with E-state index < -0.39 is 11.5 Å². The van der Waals surface area contributed by atoms with Crippen molar-refractivity contribution in [3.05, 3.63) is 81.8 Å². The van der Waals surface area contributed by atoms with Gasteiger partial charge in [-0.25, -0.2) is 4.68 Å². The topological polar surface area (TPSA) is 113 Å². The number of aromatic nitrogens is 2. The third kappa shape index (κ3) is 4.55. The summed E-state index contributed by atoms with van der Waals surface area (Å²) < 4.78 is 8.27. The van der Waals surface area contributed by atoms with Crippen molar-refractivity contribution in [3.8, 4) is 23.6 Å². The smallest absolute Gasteiger partial charge is 0.295 e. The molecular formula is C23H19N5O3. The van der Waals surface area contributed by atoms with Crippen LogP contribution >= 0.6 is 0 Å². The van der Waals surface area contributed by atoms with E-state index in [0.717, 1.165) is 0 Å². The maximum atomic E-state index is 12.9. The summed E-state index contributed by atoms with van der Waals surface area (Å²) in [5, 5.41) is 20.6. The predicted octanol–water partition coefficient (Wildman–Crippen LogP) is 2.93. The first-order valence-corrected chi connectivity index (χ1v) is 9.33. The maximum Gasteiger partial charge on any atom is 0.295 e. The molecule has 3 aromatic rings. The Morgan fingerprint density at radius 3 is 2.42 bits per heavy atom. The van der Waals surface area contributed by atoms with Crippen molar-refractivity contribution in [3.63, 3.8) is 0 Å². The molecule has 0 unspecified atom stereocenters. The summed E-state index contributed by atoms with van der Waals surface area (Å²) in [4.78, 5) is 25.6. The quantitative estimate of drug-likeness (QED) is 0.493. The molecule has 3 rings (SSSR count). The number of nitriles is 2. The molecule has 0 aliphatic rings. The highest BCUT2D eigenvalue weighted by Crippen LogP contribution is 2.17. The van der Waals surface area contributed by atoms with Gasteiger partial charge in [-0.1, -0.05) is 30.3 Å². The van der Waals surface area contributed by atoms with E-state index in [-0.39, 0.29) is 17.9 Å². The van der Waals surface area contributed by atoms with Crippen LogP contribution in [0.3, 0.4) is 0 Å². The fourth-order valence-corrected chi connectivity index (χ4v) is 2.98. The van der Waals surface area contributed by atoms with Crippen LogP contribution in [-0.2, 0) is 11.8 Å². The Morgan fingerprint density at radius 1 is 1.13 bits per heavy atom. The number of para-hydroxylation sites is 1. The van der Waals surface area contributed by atoms with Crippen molar-refractivity contribution in [1.29, 1.82) is 10.5 Å². The van der Waals surface area contributed by atoms with E-state index in [2.05, 4.69) is 5.32 Å². The van der Waals surface area contributed by atoms with Gasteiger partial charge in [-0.05, 0) is 42.8 Å². The molecule has 2 aromatic carbocycles. The van der Waals surface area contributed by atoms with Crippen molar-refractivity contribution in [1.82, 2.24) is 9.36 Å². The van der Waals surface area contributed by atoms with E-state index in [1.807, 2.05) is 30.3 Å². The van der Waals surface area contributed by atoms with Crippen molar-refractivity contribution in [2.24, 2.45) is 7.05 Å². The van der Waals surface area contributed by atoms with Crippen LogP contribution in [0.1, 0.15) is 11.3 Å². The fourth-order valence-electron chi connectivity index (χ4n) is 2.98. The number of rotatable bonds is 6. The molecule has 0 saturated carbocycles. The molecule has 0 fully saturated rings. The largest absolute Gasteiger partial charge is 0.479 e. The summed E-state index contributed by atoms with van der Waals surface area (Å²) in [6.07, 6.45) is 1.41. The minimum atomic E-state index is -0.682. The Kier molecular flexibility index (Phi) is 6.34. The Balaban J connectivity index is 1.87. The standard InChI is InChI=1S/C23H19N5O3/c1-16-21(23(30)28(27(16)2)19-6-4-3-5-7-19)26-22(29)18(15-25)14-17-8-10-20(11-9-17)31-13-12-24/h3-11,14H,13H2,1-2H3,(H,26,29)/b18-14+. The number of carbonyl (C=O) groups excluding carboxylic acids is 1. The summed E-state index contributed by atoms with van der Waals surface area (Å²) in [6, 6.07) is 19.4. The minimum Gasteiger partial charge on any atom is -0.479 e. The molecule has 8 nitrogen and oxygen atoms in total.